The standard InChI is InChI=1S/C12H10FN3O4S/c1-20-8-2-5(13)3-9-10(8)14-12(21-9)15-11(17)6-4-7(6)16(18)19/h2-3,6-7H,4H2,1H3,(H,14,15,17). The van der Waals surface area contributed by atoms with Crippen molar-refractivity contribution in [2.45, 2.75) is 12.5 Å². The number of benzene rings is 1. The zero-order chi connectivity index (χ0) is 15.1. The van der Waals surface area contributed by atoms with Crippen molar-refractivity contribution in [3.05, 3.63) is 28.1 Å². The number of amides is 1. The largest absolute Gasteiger partial charge is 0.494 e. The lowest BCUT2D eigenvalue weighted by Crippen LogP contribution is -2.18. The lowest BCUT2D eigenvalue weighted by atomic mass is 10.3. The molecule has 1 aliphatic carbocycles. The molecule has 2 unspecified atom stereocenters. The molecule has 1 fully saturated rings. The van der Waals surface area contributed by atoms with Crippen LogP contribution in [-0.2, 0) is 4.79 Å². The fraction of sp³-hybridized carbons (Fsp3) is 0.333. The number of hydrogen-bond acceptors (Lipinski definition) is 6. The summed E-state index contributed by atoms with van der Waals surface area (Å²) in [5.74, 6) is -1.24. The van der Waals surface area contributed by atoms with E-state index in [1.165, 1.54) is 19.2 Å². The van der Waals surface area contributed by atoms with Crippen LogP contribution in [0.2, 0.25) is 0 Å². The number of rotatable bonds is 4. The second-order valence-electron chi connectivity index (χ2n) is 4.66. The minimum Gasteiger partial charge on any atom is -0.494 e. The predicted octanol–water partition coefficient (Wildman–Crippen LogP) is 2.05. The Morgan fingerprint density at radius 2 is 2.38 bits per heavy atom. The first kappa shape index (κ1) is 13.7. The number of nitrogens with one attached hydrogen (secondary N) is 1. The molecule has 0 radical (unpaired) electrons. The van der Waals surface area contributed by atoms with Gasteiger partial charge in [0.1, 0.15) is 23.0 Å². The maximum absolute atomic E-state index is 13.4. The van der Waals surface area contributed by atoms with Crippen LogP contribution in [0.3, 0.4) is 0 Å². The number of aromatic nitrogens is 1. The van der Waals surface area contributed by atoms with Crippen LogP contribution in [0.4, 0.5) is 9.52 Å². The van der Waals surface area contributed by atoms with E-state index in [0.717, 1.165) is 11.3 Å². The van der Waals surface area contributed by atoms with Crippen molar-refractivity contribution in [2.24, 2.45) is 5.92 Å². The first-order valence-corrected chi connectivity index (χ1v) is 6.89. The molecule has 21 heavy (non-hydrogen) atoms. The van der Waals surface area contributed by atoms with E-state index in [-0.39, 0.29) is 17.3 Å². The molecule has 2 aromatic rings. The number of carbonyl (C=O) groups excluding carboxylic acids is 1. The average molecular weight is 311 g/mol. The highest BCUT2D eigenvalue weighted by molar-refractivity contribution is 7.22. The number of ether oxygens (including phenoxy) is 1. The van der Waals surface area contributed by atoms with E-state index in [1.54, 1.807) is 0 Å². The third kappa shape index (κ3) is 2.51. The summed E-state index contributed by atoms with van der Waals surface area (Å²) >= 11 is 1.09. The van der Waals surface area contributed by atoms with Crippen molar-refractivity contribution < 1.29 is 18.8 Å². The summed E-state index contributed by atoms with van der Waals surface area (Å²) in [6.45, 7) is 0. The highest BCUT2D eigenvalue weighted by Crippen LogP contribution is 2.36. The van der Waals surface area contributed by atoms with Crippen LogP contribution in [0.15, 0.2) is 12.1 Å². The first-order chi connectivity index (χ1) is 9.99. The molecule has 1 heterocycles. The first-order valence-electron chi connectivity index (χ1n) is 6.08. The lowest BCUT2D eigenvalue weighted by molar-refractivity contribution is -0.497. The molecule has 3 rings (SSSR count). The maximum Gasteiger partial charge on any atom is 0.236 e. The maximum atomic E-state index is 13.4. The number of methoxy groups -OCH3 is 1. The predicted molar refractivity (Wildman–Crippen MR) is 73.6 cm³/mol. The zero-order valence-electron chi connectivity index (χ0n) is 10.8. The Morgan fingerprint density at radius 1 is 1.62 bits per heavy atom. The Bertz CT molecular complexity index is 747. The van der Waals surface area contributed by atoms with E-state index >= 15 is 0 Å². The van der Waals surface area contributed by atoms with Crippen molar-refractivity contribution in [3.63, 3.8) is 0 Å². The van der Waals surface area contributed by atoms with Gasteiger partial charge in [0.2, 0.25) is 11.9 Å². The summed E-state index contributed by atoms with van der Waals surface area (Å²) in [4.78, 5) is 26.1. The number of hydrogen-bond donors (Lipinski definition) is 1. The molecule has 1 amide bonds. The summed E-state index contributed by atoms with van der Waals surface area (Å²) in [7, 11) is 1.40. The Hall–Kier alpha value is -2.29. The van der Waals surface area contributed by atoms with Crippen molar-refractivity contribution in [1.82, 2.24) is 4.98 Å². The van der Waals surface area contributed by atoms with Crippen LogP contribution in [0.25, 0.3) is 10.2 Å². The molecule has 0 saturated heterocycles. The summed E-state index contributed by atoms with van der Waals surface area (Å²) in [6, 6.07) is 1.69. The monoisotopic (exact) mass is 311 g/mol. The van der Waals surface area contributed by atoms with Gasteiger partial charge in [-0.05, 0) is 6.07 Å². The number of carbonyl (C=O) groups is 1. The summed E-state index contributed by atoms with van der Waals surface area (Å²) in [5, 5.41) is 13.4. The van der Waals surface area contributed by atoms with Crippen LogP contribution in [0.5, 0.6) is 5.75 Å². The molecule has 1 aromatic heterocycles. The van der Waals surface area contributed by atoms with E-state index in [0.29, 0.717) is 10.2 Å². The van der Waals surface area contributed by atoms with Crippen LogP contribution in [-0.4, -0.2) is 29.0 Å². The van der Waals surface area contributed by atoms with Gasteiger partial charge in [0.05, 0.1) is 11.8 Å². The zero-order valence-corrected chi connectivity index (χ0v) is 11.6. The van der Waals surface area contributed by atoms with Gasteiger partial charge in [0.25, 0.3) is 0 Å². The molecule has 0 bridgehead atoms. The van der Waals surface area contributed by atoms with Gasteiger partial charge >= 0.3 is 0 Å². The average Bonchev–Trinajstić information content (AvgIpc) is 3.14. The number of nitro groups is 1. The van der Waals surface area contributed by atoms with Crippen LogP contribution in [0, 0.1) is 21.8 Å². The Morgan fingerprint density at radius 3 is 3.00 bits per heavy atom. The van der Waals surface area contributed by atoms with Gasteiger partial charge in [0, 0.05) is 17.4 Å². The Balaban J connectivity index is 1.82. The molecule has 1 N–H and O–H groups in total. The summed E-state index contributed by atoms with van der Waals surface area (Å²) in [5.41, 5.74) is 0.445. The summed E-state index contributed by atoms with van der Waals surface area (Å²) in [6.07, 6.45) is 0.238. The second-order valence-corrected chi connectivity index (χ2v) is 5.69. The normalized spacial score (nSPS) is 20.3. The Kier molecular flexibility index (Phi) is 3.20. The van der Waals surface area contributed by atoms with Gasteiger partial charge < -0.3 is 10.1 Å². The van der Waals surface area contributed by atoms with Crippen molar-refractivity contribution >= 4 is 32.6 Å². The van der Waals surface area contributed by atoms with E-state index < -0.39 is 28.6 Å². The number of thiazole rings is 1. The van der Waals surface area contributed by atoms with Crippen LogP contribution in [0.1, 0.15) is 6.42 Å². The SMILES string of the molecule is COc1cc(F)cc2sc(NC(=O)C3CC3[N+](=O)[O-])nc12. The summed E-state index contributed by atoms with van der Waals surface area (Å²) < 4.78 is 18.9. The van der Waals surface area contributed by atoms with Gasteiger partial charge in [-0.25, -0.2) is 9.37 Å². The minimum absolute atomic E-state index is 0.238. The van der Waals surface area contributed by atoms with E-state index in [2.05, 4.69) is 10.3 Å². The van der Waals surface area contributed by atoms with E-state index in [4.69, 9.17) is 4.74 Å². The molecule has 110 valence electrons. The van der Waals surface area contributed by atoms with Crippen molar-refractivity contribution in [2.75, 3.05) is 12.4 Å². The van der Waals surface area contributed by atoms with Gasteiger partial charge in [-0.2, -0.15) is 0 Å². The molecular weight excluding hydrogens is 301 g/mol. The molecule has 1 aromatic carbocycles. The third-order valence-corrected chi connectivity index (χ3v) is 4.16. The number of anilines is 1. The molecular formula is C12H10FN3O4S. The number of fused-ring (bicyclic) bond motifs is 1. The topological polar surface area (TPSA) is 94.4 Å². The molecule has 1 saturated carbocycles. The van der Waals surface area contributed by atoms with Gasteiger partial charge in [0.15, 0.2) is 5.13 Å². The molecule has 1 aliphatic rings. The van der Waals surface area contributed by atoms with Crippen LogP contribution >= 0.6 is 11.3 Å². The second kappa shape index (κ2) is 4.92. The van der Waals surface area contributed by atoms with Gasteiger partial charge in [-0.15, -0.1) is 0 Å². The lowest BCUT2D eigenvalue weighted by Gasteiger charge is -1.99. The van der Waals surface area contributed by atoms with Crippen molar-refractivity contribution in [3.8, 4) is 5.75 Å². The minimum atomic E-state index is -0.814. The quantitative estimate of drug-likeness (QED) is 0.689. The van der Waals surface area contributed by atoms with E-state index in [1.807, 2.05) is 0 Å². The van der Waals surface area contributed by atoms with Crippen LogP contribution < -0.4 is 10.1 Å². The molecule has 0 aliphatic heterocycles. The fourth-order valence-electron chi connectivity index (χ4n) is 2.07. The fourth-order valence-corrected chi connectivity index (χ4v) is 2.98. The highest BCUT2D eigenvalue weighted by Gasteiger charge is 2.53. The Labute approximate surface area is 121 Å². The molecule has 0 spiro atoms. The third-order valence-electron chi connectivity index (χ3n) is 3.24. The number of halogens is 1. The molecule has 9 heteroatoms. The molecule has 2 atom stereocenters. The molecule has 7 nitrogen and oxygen atoms in total. The van der Waals surface area contributed by atoms with Gasteiger partial charge in [-0.3, -0.25) is 14.9 Å². The van der Waals surface area contributed by atoms with Crippen molar-refractivity contribution in [1.29, 1.82) is 0 Å². The number of nitrogens with zero attached hydrogens (tertiary/aromatic N) is 2. The smallest absolute Gasteiger partial charge is 0.236 e. The van der Waals surface area contributed by atoms with Gasteiger partial charge in [-0.1, -0.05) is 11.3 Å². The van der Waals surface area contributed by atoms with E-state index in [9.17, 15) is 19.3 Å². The highest BCUT2D eigenvalue weighted by atomic mass is 32.1.